The van der Waals surface area contributed by atoms with Crippen LogP contribution in [0.1, 0.15) is 37.9 Å². The predicted octanol–water partition coefficient (Wildman–Crippen LogP) is 4.61. The van der Waals surface area contributed by atoms with Gasteiger partial charge in [0.05, 0.1) is 18.2 Å². The van der Waals surface area contributed by atoms with Crippen LogP contribution in [0.3, 0.4) is 0 Å². The number of amides is 1. The normalized spacial score (nSPS) is 20.4. The summed E-state index contributed by atoms with van der Waals surface area (Å²) >= 11 is 0. The number of rotatable bonds is 5. The van der Waals surface area contributed by atoms with E-state index in [0.29, 0.717) is 0 Å². The van der Waals surface area contributed by atoms with Crippen molar-refractivity contribution in [3.63, 3.8) is 0 Å². The molecule has 0 bridgehead atoms. The summed E-state index contributed by atoms with van der Waals surface area (Å²) < 4.78 is 45.8. The van der Waals surface area contributed by atoms with E-state index in [2.05, 4.69) is 10.2 Å². The van der Waals surface area contributed by atoms with Crippen LogP contribution in [0.5, 0.6) is 0 Å². The molecule has 0 aromatic heterocycles. The average molecular weight is 418 g/mol. The Morgan fingerprint density at radius 3 is 2.53 bits per heavy atom. The van der Waals surface area contributed by atoms with Crippen molar-refractivity contribution in [1.82, 2.24) is 5.32 Å². The molecule has 7 heteroatoms. The van der Waals surface area contributed by atoms with Crippen LogP contribution in [0.4, 0.5) is 18.9 Å². The Bertz CT molecular complexity index is 938. The van der Waals surface area contributed by atoms with Crippen LogP contribution in [0.25, 0.3) is 6.08 Å². The van der Waals surface area contributed by atoms with Crippen LogP contribution in [-0.4, -0.2) is 31.2 Å². The highest BCUT2D eigenvalue weighted by molar-refractivity contribution is 5.92. The molecular weight excluding hydrogens is 393 g/mol. The Labute approximate surface area is 174 Å². The van der Waals surface area contributed by atoms with Crippen LogP contribution >= 0.6 is 0 Å². The molecule has 1 fully saturated rings. The lowest BCUT2D eigenvalue weighted by Gasteiger charge is -2.37. The quantitative estimate of drug-likeness (QED) is 0.570. The molecule has 1 aliphatic rings. The minimum atomic E-state index is -1.56. The summed E-state index contributed by atoms with van der Waals surface area (Å²) in [5.74, 6) is -4.62. The first kappa shape index (κ1) is 21.9. The standard InChI is InChI=1S/C23H25F3N2O2/c1-14-12-28(13-15(2)30-14)19-6-4-5-18(11-19)16(3)27-21(29)10-8-17-7-9-20(24)23(26)22(17)25/h4-11,14-16H,12-13H2,1-3H3,(H,27,29)/t14-,15+,16-/m1/s1. The maximum atomic E-state index is 13.7. The lowest BCUT2D eigenvalue weighted by atomic mass is 10.1. The molecule has 1 N–H and O–H groups in total. The van der Waals surface area contributed by atoms with E-state index < -0.39 is 23.4 Å². The summed E-state index contributed by atoms with van der Waals surface area (Å²) in [6.07, 6.45) is 2.49. The number of morpholine rings is 1. The first-order chi connectivity index (χ1) is 14.2. The topological polar surface area (TPSA) is 41.6 Å². The van der Waals surface area contributed by atoms with Gasteiger partial charge in [0, 0.05) is 30.4 Å². The maximum absolute atomic E-state index is 13.7. The summed E-state index contributed by atoms with van der Waals surface area (Å²) in [5.41, 5.74) is 1.77. The Kier molecular flexibility index (Phi) is 6.82. The molecule has 1 heterocycles. The second kappa shape index (κ2) is 9.34. The summed E-state index contributed by atoms with van der Waals surface area (Å²) in [6.45, 7) is 7.50. The molecular formula is C23H25F3N2O2. The van der Waals surface area contributed by atoms with Crippen LogP contribution in [-0.2, 0) is 9.53 Å². The molecule has 2 aromatic carbocycles. The fraction of sp³-hybridized carbons (Fsp3) is 0.348. The lowest BCUT2D eigenvalue weighted by molar-refractivity contribution is -0.117. The molecule has 3 atom stereocenters. The zero-order chi connectivity index (χ0) is 21.8. The largest absolute Gasteiger partial charge is 0.372 e. The predicted molar refractivity (Wildman–Crippen MR) is 111 cm³/mol. The third-order valence-corrected chi connectivity index (χ3v) is 4.99. The second-order valence-corrected chi connectivity index (χ2v) is 7.59. The number of nitrogens with one attached hydrogen (secondary N) is 1. The number of nitrogens with zero attached hydrogens (tertiary/aromatic N) is 1. The van der Waals surface area contributed by atoms with E-state index in [1.165, 1.54) is 0 Å². The summed E-state index contributed by atoms with van der Waals surface area (Å²) in [6, 6.07) is 9.49. The molecule has 1 amide bonds. The first-order valence-electron chi connectivity index (χ1n) is 9.87. The monoisotopic (exact) mass is 418 g/mol. The highest BCUT2D eigenvalue weighted by atomic mass is 19.2. The van der Waals surface area contributed by atoms with E-state index in [-0.39, 0.29) is 23.8 Å². The van der Waals surface area contributed by atoms with E-state index in [1.54, 1.807) is 0 Å². The van der Waals surface area contributed by atoms with Crippen molar-refractivity contribution >= 4 is 17.7 Å². The molecule has 0 aliphatic carbocycles. The molecule has 2 aromatic rings. The zero-order valence-corrected chi connectivity index (χ0v) is 17.2. The molecule has 0 radical (unpaired) electrons. The second-order valence-electron chi connectivity index (χ2n) is 7.59. The molecule has 0 saturated carbocycles. The minimum absolute atomic E-state index is 0.136. The van der Waals surface area contributed by atoms with Crippen LogP contribution < -0.4 is 10.2 Å². The number of carbonyl (C=O) groups excluding carboxylic acids is 1. The van der Waals surface area contributed by atoms with Gasteiger partial charge in [-0.15, -0.1) is 0 Å². The van der Waals surface area contributed by atoms with Crippen LogP contribution in [0.2, 0.25) is 0 Å². The number of ether oxygens (including phenoxy) is 1. The van der Waals surface area contributed by atoms with Crippen LogP contribution in [0.15, 0.2) is 42.5 Å². The molecule has 1 aliphatic heterocycles. The van der Waals surface area contributed by atoms with E-state index in [9.17, 15) is 18.0 Å². The van der Waals surface area contributed by atoms with Crippen molar-refractivity contribution in [1.29, 1.82) is 0 Å². The molecule has 160 valence electrons. The molecule has 0 spiro atoms. The van der Waals surface area contributed by atoms with Gasteiger partial charge >= 0.3 is 0 Å². The number of hydrogen-bond donors (Lipinski definition) is 1. The van der Waals surface area contributed by atoms with Gasteiger partial charge in [0.15, 0.2) is 17.5 Å². The van der Waals surface area contributed by atoms with Gasteiger partial charge in [-0.25, -0.2) is 13.2 Å². The molecule has 1 saturated heterocycles. The van der Waals surface area contributed by atoms with Gasteiger partial charge in [0.25, 0.3) is 0 Å². The highest BCUT2D eigenvalue weighted by Gasteiger charge is 2.23. The Morgan fingerprint density at radius 2 is 1.83 bits per heavy atom. The average Bonchev–Trinajstić information content (AvgIpc) is 2.71. The maximum Gasteiger partial charge on any atom is 0.244 e. The fourth-order valence-corrected chi connectivity index (χ4v) is 3.56. The summed E-state index contributed by atoms with van der Waals surface area (Å²) in [5, 5.41) is 2.80. The number of anilines is 1. The van der Waals surface area contributed by atoms with Crippen molar-refractivity contribution in [3.05, 3.63) is 71.1 Å². The minimum Gasteiger partial charge on any atom is -0.372 e. The van der Waals surface area contributed by atoms with Gasteiger partial charge in [-0.1, -0.05) is 12.1 Å². The molecule has 3 rings (SSSR count). The summed E-state index contributed by atoms with van der Waals surface area (Å²) in [7, 11) is 0. The molecule has 30 heavy (non-hydrogen) atoms. The van der Waals surface area contributed by atoms with Crippen molar-refractivity contribution in [2.45, 2.75) is 39.0 Å². The fourth-order valence-electron chi connectivity index (χ4n) is 3.56. The first-order valence-corrected chi connectivity index (χ1v) is 9.87. The Morgan fingerprint density at radius 1 is 1.13 bits per heavy atom. The van der Waals surface area contributed by atoms with E-state index >= 15 is 0 Å². The van der Waals surface area contributed by atoms with E-state index in [0.717, 1.165) is 48.6 Å². The Hall–Kier alpha value is -2.80. The summed E-state index contributed by atoms with van der Waals surface area (Å²) in [4.78, 5) is 14.5. The highest BCUT2D eigenvalue weighted by Crippen LogP contribution is 2.24. The smallest absolute Gasteiger partial charge is 0.244 e. The van der Waals surface area contributed by atoms with E-state index in [4.69, 9.17) is 4.74 Å². The van der Waals surface area contributed by atoms with Crippen molar-refractivity contribution in [3.8, 4) is 0 Å². The number of benzene rings is 2. The van der Waals surface area contributed by atoms with Gasteiger partial charge in [-0.2, -0.15) is 0 Å². The van der Waals surface area contributed by atoms with Crippen molar-refractivity contribution < 1.29 is 22.7 Å². The molecule has 4 nitrogen and oxygen atoms in total. The lowest BCUT2D eigenvalue weighted by Crippen LogP contribution is -2.45. The zero-order valence-electron chi connectivity index (χ0n) is 17.2. The van der Waals surface area contributed by atoms with Gasteiger partial charge < -0.3 is 15.0 Å². The number of hydrogen-bond acceptors (Lipinski definition) is 3. The van der Waals surface area contributed by atoms with Crippen molar-refractivity contribution in [2.75, 3.05) is 18.0 Å². The van der Waals surface area contributed by atoms with Gasteiger partial charge in [0.2, 0.25) is 5.91 Å². The number of halogens is 3. The number of carbonyl (C=O) groups is 1. The SMILES string of the molecule is C[C@@H]1CN(c2cccc([C@@H](C)NC(=O)C=Cc3ccc(F)c(F)c3F)c2)C[C@H](C)O1. The third kappa shape index (κ3) is 5.21. The third-order valence-electron chi connectivity index (χ3n) is 4.99. The van der Waals surface area contributed by atoms with Crippen LogP contribution in [0, 0.1) is 17.5 Å². The van der Waals surface area contributed by atoms with Gasteiger partial charge in [0.1, 0.15) is 0 Å². The van der Waals surface area contributed by atoms with Gasteiger partial charge in [-0.05, 0) is 56.7 Å². The van der Waals surface area contributed by atoms with Crippen molar-refractivity contribution in [2.24, 2.45) is 0 Å². The molecule has 0 unspecified atom stereocenters. The Balaban J connectivity index is 1.66. The van der Waals surface area contributed by atoms with Gasteiger partial charge in [-0.3, -0.25) is 4.79 Å². The van der Waals surface area contributed by atoms with E-state index in [1.807, 2.05) is 45.0 Å².